The number of rotatable bonds is 4. The second-order valence-corrected chi connectivity index (χ2v) is 5.78. The summed E-state index contributed by atoms with van der Waals surface area (Å²) in [5, 5.41) is 6.49. The maximum Gasteiger partial charge on any atom is 0.256 e. The minimum Gasteiger partial charge on any atom is -0.494 e. The molecule has 3 rings (SSSR count). The number of hydrogen-bond acceptors (Lipinski definition) is 4. The molecule has 22 heavy (non-hydrogen) atoms. The van der Waals surface area contributed by atoms with Gasteiger partial charge in [0.05, 0.1) is 18.4 Å². The molecule has 0 radical (unpaired) electrons. The summed E-state index contributed by atoms with van der Waals surface area (Å²) in [7, 11) is 1.56. The fourth-order valence-corrected chi connectivity index (χ4v) is 3.11. The van der Waals surface area contributed by atoms with Crippen LogP contribution in [0.3, 0.4) is 0 Å². The summed E-state index contributed by atoms with van der Waals surface area (Å²) in [6, 6.07) is 7.11. The van der Waals surface area contributed by atoms with Crippen LogP contribution < -0.4 is 15.0 Å². The highest BCUT2D eigenvalue weighted by molar-refractivity contribution is 7.08. The number of amides is 2. The molecule has 2 amide bonds. The smallest absolute Gasteiger partial charge is 0.256 e. The molecule has 1 aromatic carbocycles. The largest absolute Gasteiger partial charge is 0.494 e. The van der Waals surface area contributed by atoms with E-state index < -0.39 is 0 Å². The summed E-state index contributed by atoms with van der Waals surface area (Å²) in [5.74, 6) is 0.528. The average Bonchev–Trinajstić information content (AvgIpc) is 3.18. The standard InChI is InChI=1S/C16H16N2O3S/c1-21-14-9-12(17-16(20)11-6-8-22-10-11)4-5-13(14)18-7-2-3-15(18)19/h4-6,8-10H,2-3,7H2,1H3,(H,17,20). The maximum absolute atomic E-state index is 12.1. The zero-order chi connectivity index (χ0) is 15.5. The molecule has 0 atom stereocenters. The van der Waals surface area contributed by atoms with E-state index in [1.807, 2.05) is 11.4 Å². The first-order chi connectivity index (χ1) is 10.7. The molecule has 1 fully saturated rings. The van der Waals surface area contributed by atoms with Gasteiger partial charge in [-0.25, -0.2) is 0 Å². The zero-order valence-corrected chi connectivity index (χ0v) is 13.0. The van der Waals surface area contributed by atoms with Crippen molar-refractivity contribution in [2.45, 2.75) is 12.8 Å². The Morgan fingerprint density at radius 2 is 2.23 bits per heavy atom. The number of hydrogen-bond donors (Lipinski definition) is 1. The van der Waals surface area contributed by atoms with Crippen molar-refractivity contribution in [1.82, 2.24) is 0 Å². The van der Waals surface area contributed by atoms with Gasteiger partial charge < -0.3 is 15.0 Å². The first-order valence-electron chi connectivity index (χ1n) is 7.01. The third kappa shape index (κ3) is 2.82. The Kier molecular flexibility index (Phi) is 4.11. The molecular formula is C16H16N2O3S. The molecule has 6 heteroatoms. The average molecular weight is 316 g/mol. The van der Waals surface area contributed by atoms with E-state index >= 15 is 0 Å². The fourth-order valence-electron chi connectivity index (χ4n) is 2.48. The fraction of sp³-hybridized carbons (Fsp3) is 0.250. The number of carbonyl (C=O) groups excluding carboxylic acids is 2. The molecule has 5 nitrogen and oxygen atoms in total. The topological polar surface area (TPSA) is 58.6 Å². The van der Waals surface area contributed by atoms with Crippen LogP contribution in [0.1, 0.15) is 23.2 Å². The third-order valence-corrected chi connectivity index (χ3v) is 4.27. The summed E-state index contributed by atoms with van der Waals surface area (Å²) in [5.41, 5.74) is 2.02. The molecule has 1 aliphatic rings. The van der Waals surface area contributed by atoms with Crippen molar-refractivity contribution in [2.24, 2.45) is 0 Å². The Balaban J connectivity index is 1.82. The van der Waals surface area contributed by atoms with E-state index in [1.165, 1.54) is 11.3 Å². The monoisotopic (exact) mass is 316 g/mol. The summed E-state index contributed by atoms with van der Waals surface area (Å²) >= 11 is 1.48. The highest BCUT2D eigenvalue weighted by Gasteiger charge is 2.24. The number of benzene rings is 1. The SMILES string of the molecule is COc1cc(NC(=O)c2ccsc2)ccc1N1CCCC1=O. The number of anilines is 2. The van der Waals surface area contributed by atoms with Crippen LogP contribution in [0.5, 0.6) is 5.75 Å². The molecule has 0 bridgehead atoms. The van der Waals surface area contributed by atoms with Crippen LogP contribution in [0.4, 0.5) is 11.4 Å². The van der Waals surface area contributed by atoms with Crippen LogP contribution in [-0.4, -0.2) is 25.5 Å². The Morgan fingerprint density at radius 3 is 2.86 bits per heavy atom. The predicted molar refractivity (Wildman–Crippen MR) is 86.9 cm³/mol. The van der Waals surface area contributed by atoms with Crippen LogP contribution in [-0.2, 0) is 4.79 Å². The quantitative estimate of drug-likeness (QED) is 0.942. The van der Waals surface area contributed by atoms with Gasteiger partial charge in [0, 0.05) is 30.1 Å². The van der Waals surface area contributed by atoms with Gasteiger partial charge in [-0.1, -0.05) is 0 Å². The first kappa shape index (κ1) is 14.6. The van der Waals surface area contributed by atoms with Crippen molar-refractivity contribution < 1.29 is 14.3 Å². The van der Waals surface area contributed by atoms with Crippen molar-refractivity contribution in [1.29, 1.82) is 0 Å². The molecule has 0 spiro atoms. The molecule has 0 unspecified atom stereocenters. The molecule has 1 aromatic heterocycles. The van der Waals surface area contributed by atoms with Crippen LogP contribution in [0.25, 0.3) is 0 Å². The minimum atomic E-state index is -0.159. The maximum atomic E-state index is 12.1. The van der Waals surface area contributed by atoms with Crippen molar-refractivity contribution >= 4 is 34.5 Å². The minimum absolute atomic E-state index is 0.105. The highest BCUT2D eigenvalue weighted by Crippen LogP contribution is 2.33. The van der Waals surface area contributed by atoms with Crippen molar-refractivity contribution in [3.05, 3.63) is 40.6 Å². The molecular weight excluding hydrogens is 300 g/mol. The number of carbonyl (C=O) groups is 2. The molecule has 1 N–H and O–H groups in total. The highest BCUT2D eigenvalue weighted by atomic mass is 32.1. The lowest BCUT2D eigenvalue weighted by Crippen LogP contribution is -2.24. The first-order valence-corrected chi connectivity index (χ1v) is 7.95. The lowest BCUT2D eigenvalue weighted by Gasteiger charge is -2.19. The Labute approximate surface area is 132 Å². The molecule has 0 saturated carbocycles. The number of methoxy groups -OCH3 is 1. The molecule has 114 valence electrons. The molecule has 2 aromatic rings. The zero-order valence-electron chi connectivity index (χ0n) is 12.2. The van der Waals surface area contributed by atoms with Gasteiger partial charge in [-0.2, -0.15) is 11.3 Å². The lowest BCUT2D eigenvalue weighted by atomic mass is 10.2. The van der Waals surface area contributed by atoms with E-state index in [9.17, 15) is 9.59 Å². The molecule has 1 aliphatic heterocycles. The van der Waals surface area contributed by atoms with E-state index in [-0.39, 0.29) is 11.8 Å². The second-order valence-electron chi connectivity index (χ2n) is 5.00. The molecule has 2 heterocycles. The number of nitrogens with one attached hydrogen (secondary N) is 1. The predicted octanol–water partition coefficient (Wildman–Crippen LogP) is 3.14. The number of ether oxygens (including phenoxy) is 1. The van der Waals surface area contributed by atoms with Gasteiger partial charge in [-0.3, -0.25) is 9.59 Å². The van der Waals surface area contributed by atoms with Crippen LogP contribution in [0, 0.1) is 0 Å². The summed E-state index contributed by atoms with van der Waals surface area (Å²) in [4.78, 5) is 25.6. The third-order valence-electron chi connectivity index (χ3n) is 3.59. The van der Waals surface area contributed by atoms with Crippen molar-refractivity contribution in [3.8, 4) is 5.75 Å². The Hall–Kier alpha value is -2.34. The van der Waals surface area contributed by atoms with Crippen molar-refractivity contribution in [3.63, 3.8) is 0 Å². The molecule has 0 aliphatic carbocycles. The lowest BCUT2D eigenvalue weighted by molar-refractivity contribution is -0.117. The van der Waals surface area contributed by atoms with Crippen molar-refractivity contribution in [2.75, 3.05) is 23.9 Å². The van der Waals surface area contributed by atoms with Gasteiger partial charge >= 0.3 is 0 Å². The van der Waals surface area contributed by atoms with E-state index in [4.69, 9.17) is 4.74 Å². The Morgan fingerprint density at radius 1 is 1.36 bits per heavy atom. The van der Waals surface area contributed by atoms with E-state index in [2.05, 4.69) is 5.32 Å². The van der Waals surface area contributed by atoms with Gasteiger partial charge in [-0.05, 0) is 30.0 Å². The van der Waals surface area contributed by atoms with Gasteiger partial charge in [-0.15, -0.1) is 0 Å². The normalized spacial score (nSPS) is 14.2. The summed E-state index contributed by atoms with van der Waals surface area (Å²) in [6.07, 6.45) is 1.43. The van der Waals surface area contributed by atoms with Crippen LogP contribution in [0.2, 0.25) is 0 Å². The van der Waals surface area contributed by atoms with E-state index in [0.717, 1.165) is 12.1 Å². The summed E-state index contributed by atoms with van der Waals surface area (Å²) < 4.78 is 5.38. The molecule has 1 saturated heterocycles. The Bertz CT molecular complexity index is 697. The van der Waals surface area contributed by atoms with Gasteiger partial charge in [0.1, 0.15) is 5.75 Å². The van der Waals surface area contributed by atoms with E-state index in [1.54, 1.807) is 35.6 Å². The van der Waals surface area contributed by atoms with Crippen LogP contribution >= 0.6 is 11.3 Å². The number of thiophene rings is 1. The van der Waals surface area contributed by atoms with Gasteiger partial charge in [0.15, 0.2) is 0 Å². The number of nitrogens with zero attached hydrogens (tertiary/aromatic N) is 1. The van der Waals surface area contributed by atoms with E-state index in [0.29, 0.717) is 30.0 Å². The van der Waals surface area contributed by atoms with Gasteiger partial charge in [0.2, 0.25) is 5.91 Å². The summed E-state index contributed by atoms with van der Waals surface area (Å²) in [6.45, 7) is 0.704. The second kappa shape index (κ2) is 6.19. The van der Waals surface area contributed by atoms with Gasteiger partial charge in [0.25, 0.3) is 5.91 Å². The van der Waals surface area contributed by atoms with Crippen LogP contribution in [0.15, 0.2) is 35.0 Å².